The molecule has 0 aliphatic carbocycles. The molecule has 0 atom stereocenters. The summed E-state index contributed by atoms with van der Waals surface area (Å²) in [6.07, 6.45) is 1.59. The molecule has 3 rings (SSSR count). The molecule has 2 heterocycles. The average molecular weight is 364 g/mol. The van der Waals surface area contributed by atoms with Crippen LogP contribution in [0.1, 0.15) is 19.5 Å². The molecule has 126 valence electrons. The Balaban J connectivity index is 1.58. The van der Waals surface area contributed by atoms with Gasteiger partial charge in [0.05, 0.1) is 5.69 Å². The number of benzene rings is 1. The van der Waals surface area contributed by atoms with Crippen LogP contribution in [0.3, 0.4) is 0 Å². The van der Waals surface area contributed by atoms with E-state index in [0.29, 0.717) is 23.1 Å². The Morgan fingerprint density at radius 2 is 2.21 bits per heavy atom. The SMILES string of the molecule is CC(C)CNc1nnc(SCc2coc(-c3cccc(F)c3)n2)s1. The number of halogens is 1. The Hall–Kier alpha value is -1.93. The molecule has 2 aromatic heterocycles. The highest BCUT2D eigenvalue weighted by molar-refractivity contribution is 8.00. The highest BCUT2D eigenvalue weighted by atomic mass is 32.2. The average Bonchev–Trinajstić information content (AvgIpc) is 3.20. The van der Waals surface area contributed by atoms with Crippen molar-refractivity contribution in [2.75, 3.05) is 11.9 Å². The maximum Gasteiger partial charge on any atom is 0.226 e. The van der Waals surface area contributed by atoms with E-state index >= 15 is 0 Å². The van der Waals surface area contributed by atoms with E-state index in [1.165, 1.54) is 23.5 Å². The Morgan fingerprint density at radius 1 is 1.33 bits per heavy atom. The van der Waals surface area contributed by atoms with Gasteiger partial charge in [-0.15, -0.1) is 10.2 Å². The van der Waals surface area contributed by atoms with Crippen molar-refractivity contribution in [2.45, 2.75) is 23.9 Å². The third-order valence-corrected chi connectivity index (χ3v) is 5.08. The second-order valence-electron chi connectivity index (χ2n) is 5.59. The summed E-state index contributed by atoms with van der Waals surface area (Å²) < 4.78 is 19.6. The van der Waals surface area contributed by atoms with Crippen molar-refractivity contribution in [2.24, 2.45) is 5.92 Å². The minimum absolute atomic E-state index is 0.308. The molecule has 5 nitrogen and oxygen atoms in total. The smallest absolute Gasteiger partial charge is 0.226 e. The van der Waals surface area contributed by atoms with E-state index < -0.39 is 0 Å². The van der Waals surface area contributed by atoms with E-state index in [1.54, 1.807) is 30.2 Å². The van der Waals surface area contributed by atoms with Crippen molar-refractivity contribution >= 4 is 28.2 Å². The number of nitrogens with one attached hydrogen (secondary N) is 1. The van der Waals surface area contributed by atoms with Crippen molar-refractivity contribution in [3.05, 3.63) is 42.0 Å². The fraction of sp³-hybridized carbons (Fsp3) is 0.312. The molecule has 0 saturated carbocycles. The van der Waals surface area contributed by atoms with E-state index in [9.17, 15) is 4.39 Å². The maximum atomic E-state index is 13.3. The monoisotopic (exact) mass is 364 g/mol. The molecule has 24 heavy (non-hydrogen) atoms. The Bertz CT molecular complexity index is 803. The number of hydrogen-bond acceptors (Lipinski definition) is 7. The predicted molar refractivity (Wildman–Crippen MR) is 94.7 cm³/mol. The molecule has 0 unspecified atom stereocenters. The molecule has 8 heteroatoms. The quantitative estimate of drug-likeness (QED) is 0.614. The molecule has 0 aliphatic rings. The third kappa shape index (κ3) is 4.55. The van der Waals surface area contributed by atoms with Gasteiger partial charge in [0.15, 0.2) is 4.34 Å². The lowest BCUT2D eigenvalue weighted by Crippen LogP contribution is -2.07. The zero-order valence-electron chi connectivity index (χ0n) is 13.3. The molecular formula is C16H17FN4OS2. The van der Waals surface area contributed by atoms with Crippen molar-refractivity contribution in [1.82, 2.24) is 15.2 Å². The normalized spacial score (nSPS) is 11.2. The number of nitrogens with zero attached hydrogens (tertiary/aromatic N) is 3. The van der Waals surface area contributed by atoms with Crippen LogP contribution in [0.5, 0.6) is 0 Å². The maximum absolute atomic E-state index is 13.3. The van der Waals surface area contributed by atoms with Crippen LogP contribution >= 0.6 is 23.1 Å². The zero-order valence-corrected chi connectivity index (χ0v) is 15.0. The minimum atomic E-state index is -0.308. The van der Waals surface area contributed by atoms with Gasteiger partial charge in [-0.25, -0.2) is 9.37 Å². The molecule has 0 radical (unpaired) electrons. The van der Waals surface area contributed by atoms with E-state index in [4.69, 9.17) is 4.42 Å². The Morgan fingerprint density at radius 3 is 3.00 bits per heavy atom. The van der Waals surface area contributed by atoms with Gasteiger partial charge in [-0.2, -0.15) is 0 Å². The standard InChI is InChI=1S/C16H17FN4OS2/c1-10(2)7-18-15-20-21-16(24-15)23-9-13-8-22-14(19-13)11-4-3-5-12(17)6-11/h3-6,8,10H,7,9H2,1-2H3,(H,18,20). The van der Waals surface area contributed by atoms with Crippen molar-refractivity contribution in [3.63, 3.8) is 0 Å². The largest absolute Gasteiger partial charge is 0.444 e. The van der Waals surface area contributed by atoms with E-state index in [2.05, 4.69) is 34.3 Å². The highest BCUT2D eigenvalue weighted by Gasteiger charge is 2.10. The molecule has 0 amide bonds. The molecule has 0 spiro atoms. The van der Waals surface area contributed by atoms with Gasteiger partial charge in [0.1, 0.15) is 12.1 Å². The molecular weight excluding hydrogens is 347 g/mol. The first-order valence-corrected chi connectivity index (χ1v) is 9.31. The fourth-order valence-electron chi connectivity index (χ4n) is 1.89. The lowest BCUT2D eigenvalue weighted by molar-refractivity contribution is 0.571. The van der Waals surface area contributed by atoms with Gasteiger partial charge >= 0.3 is 0 Å². The van der Waals surface area contributed by atoms with E-state index in [1.807, 2.05) is 0 Å². The summed E-state index contributed by atoms with van der Waals surface area (Å²) in [5.74, 6) is 1.29. The number of oxazole rings is 1. The molecule has 0 saturated heterocycles. The summed E-state index contributed by atoms with van der Waals surface area (Å²) >= 11 is 3.07. The molecule has 1 aromatic carbocycles. The Labute approximate surface area is 147 Å². The highest BCUT2D eigenvalue weighted by Crippen LogP contribution is 2.29. The lowest BCUT2D eigenvalue weighted by atomic mass is 10.2. The molecule has 1 N–H and O–H groups in total. The van der Waals surface area contributed by atoms with Crippen LogP contribution in [0.4, 0.5) is 9.52 Å². The number of hydrogen-bond donors (Lipinski definition) is 1. The van der Waals surface area contributed by atoms with Gasteiger partial charge in [0.2, 0.25) is 11.0 Å². The van der Waals surface area contributed by atoms with Gasteiger partial charge in [0.25, 0.3) is 0 Å². The van der Waals surface area contributed by atoms with Crippen LogP contribution in [-0.4, -0.2) is 21.7 Å². The zero-order chi connectivity index (χ0) is 16.9. The number of anilines is 1. The van der Waals surface area contributed by atoms with Crippen molar-refractivity contribution in [1.29, 1.82) is 0 Å². The molecule has 0 fully saturated rings. The third-order valence-electron chi connectivity index (χ3n) is 3.03. The van der Waals surface area contributed by atoms with Gasteiger partial charge in [0, 0.05) is 17.9 Å². The molecule has 0 bridgehead atoms. The second-order valence-corrected chi connectivity index (χ2v) is 7.79. The van der Waals surface area contributed by atoms with E-state index in [-0.39, 0.29) is 5.82 Å². The summed E-state index contributed by atoms with van der Waals surface area (Å²) in [4.78, 5) is 4.39. The first kappa shape index (κ1) is 16.9. The van der Waals surface area contributed by atoms with Gasteiger partial charge in [-0.05, 0) is 24.1 Å². The van der Waals surface area contributed by atoms with Crippen LogP contribution in [0.15, 0.2) is 39.3 Å². The Kier molecular flexibility index (Phi) is 5.47. The van der Waals surface area contributed by atoms with E-state index in [0.717, 1.165) is 21.7 Å². The summed E-state index contributed by atoms with van der Waals surface area (Å²) in [6, 6.07) is 6.20. The van der Waals surface area contributed by atoms with Crippen LogP contribution in [0.2, 0.25) is 0 Å². The lowest BCUT2D eigenvalue weighted by Gasteiger charge is -2.03. The number of thioether (sulfide) groups is 1. The predicted octanol–water partition coefficient (Wildman–Crippen LogP) is 4.69. The molecule has 3 aromatic rings. The first-order valence-electron chi connectivity index (χ1n) is 7.50. The van der Waals surface area contributed by atoms with Crippen LogP contribution in [0, 0.1) is 11.7 Å². The summed E-state index contributed by atoms with van der Waals surface area (Å²) in [7, 11) is 0. The van der Waals surface area contributed by atoms with Crippen LogP contribution in [-0.2, 0) is 5.75 Å². The second kappa shape index (κ2) is 7.76. The fourth-order valence-corrected chi connectivity index (χ4v) is 3.53. The topological polar surface area (TPSA) is 63.8 Å². The van der Waals surface area contributed by atoms with Crippen molar-refractivity contribution < 1.29 is 8.81 Å². The number of aromatic nitrogens is 3. The van der Waals surface area contributed by atoms with Gasteiger partial charge < -0.3 is 9.73 Å². The number of rotatable bonds is 7. The summed E-state index contributed by atoms with van der Waals surface area (Å²) in [5.41, 5.74) is 1.41. The van der Waals surface area contributed by atoms with Crippen LogP contribution < -0.4 is 5.32 Å². The van der Waals surface area contributed by atoms with Crippen LogP contribution in [0.25, 0.3) is 11.5 Å². The van der Waals surface area contributed by atoms with Gasteiger partial charge in [-0.3, -0.25) is 0 Å². The molecule has 0 aliphatic heterocycles. The van der Waals surface area contributed by atoms with Gasteiger partial charge in [-0.1, -0.05) is 43.0 Å². The minimum Gasteiger partial charge on any atom is -0.444 e. The summed E-state index contributed by atoms with van der Waals surface area (Å²) in [6.45, 7) is 5.16. The summed E-state index contributed by atoms with van der Waals surface area (Å²) in [5, 5.41) is 12.3. The van der Waals surface area contributed by atoms with Crippen molar-refractivity contribution in [3.8, 4) is 11.5 Å². The first-order chi connectivity index (χ1) is 11.6.